The number of anilines is 1. The first kappa shape index (κ1) is 13.7. The average Bonchev–Trinajstić information content (AvgIpc) is 3.38. The molecule has 0 aromatic heterocycles. The largest absolute Gasteiger partial charge is 0.465 e. The molecule has 1 fully saturated rings. The number of nitrogens with one attached hydrogen (secondary N) is 1. The molecule has 21 heavy (non-hydrogen) atoms. The lowest BCUT2D eigenvalue weighted by Crippen LogP contribution is -2.04. The predicted octanol–water partition coefficient (Wildman–Crippen LogP) is 3.96. The molecule has 1 aliphatic rings. The minimum atomic E-state index is -0.305. The molecule has 2 aromatic rings. The lowest BCUT2D eigenvalue weighted by Gasteiger charge is -2.11. The van der Waals surface area contributed by atoms with Crippen molar-refractivity contribution in [3.05, 3.63) is 65.2 Å². The molecule has 0 heterocycles. The van der Waals surface area contributed by atoms with Gasteiger partial charge in [-0.2, -0.15) is 0 Å². The maximum Gasteiger partial charge on any atom is 0.337 e. The van der Waals surface area contributed by atoms with E-state index in [9.17, 15) is 4.79 Å². The second-order valence-corrected chi connectivity index (χ2v) is 5.40. The van der Waals surface area contributed by atoms with Gasteiger partial charge in [0, 0.05) is 12.2 Å². The Morgan fingerprint density at radius 3 is 2.52 bits per heavy atom. The highest BCUT2D eigenvalue weighted by Crippen LogP contribution is 2.41. The molecule has 3 nitrogen and oxygen atoms in total. The van der Waals surface area contributed by atoms with Gasteiger partial charge in [-0.25, -0.2) is 4.79 Å². The van der Waals surface area contributed by atoms with Crippen molar-refractivity contribution in [3.8, 4) is 0 Å². The first-order valence-electron chi connectivity index (χ1n) is 7.28. The molecule has 1 aliphatic carbocycles. The average molecular weight is 281 g/mol. The van der Waals surface area contributed by atoms with E-state index in [4.69, 9.17) is 4.74 Å². The van der Waals surface area contributed by atoms with Gasteiger partial charge < -0.3 is 10.1 Å². The Bertz CT molecular complexity index is 630. The third-order valence-corrected chi connectivity index (χ3v) is 3.86. The van der Waals surface area contributed by atoms with Crippen LogP contribution in [0.5, 0.6) is 0 Å². The molecular weight excluding hydrogens is 262 g/mol. The van der Waals surface area contributed by atoms with E-state index in [1.165, 1.54) is 31.1 Å². The molecule has 3 rings (SSSR count). The molecular formula is C18H19NO2. The zero-order chi connectivity index (χ0) is 14.7. The lowest BCUT2D eigenvalue weighted by molar-refractivity contribution is 0.0601. The van der Waals surface area contributed by atoms with E-state index >= 15 is 0 Å². The number of carbonyl (C=O) groups is 1. The van der Waals surface area contributed by atoms with Crippen LogP contribution in [-0.2, 0) is 11.3 Å². The van der Waals surface area contributed by atoms with E-state index in [0.717, 1.165) is 18.2 Å². The molecule has 0 unspecified atom stereocenters. The summed E-state index contributed by atoms with van der Waals surface area (Å²) in [5.41, 5.74) is 4.41. The number of esters is 1. The van der Waals surface area contributed by atoms with Gasteiger partial charge in [0.2, 0.25) is 0 Å². The van der Waals surface area contributed by atoms with E-state index < -0.39 is 0 Å². The highest BCUT2D eigenvalue weighted by Gasteiger charge is 2.25. The summed E-state index contributed by atoms with van der Waals surface area (Å²) < 4.78 is 4.70. The number of benzene rings is 2. The monoisotopic (exact) mass is 281 g/mol. The Balaban J connectivity index is 1.66. The van der Waals surface area contributed by atoms with Crippen molar-refractivity contribution in [2.24, 2.45) is 0 Å². The molecule has 0 atom stereocenters. The summed E-state index contributed by atoms with van der Waals surface area (Å²) in [6.07, 6.45) is 2.62. The van der Waals surface area contributed by atoms with Crippen molar-refractivity contribution < 1.29 is 9.53 Å². The third-order valence-electron chi connectivity index (χ3n) is 3.86. The van der Waals surface area contributed by atoms with E-state index in [1.54, 1.807) is 12.1 Å². The first-order valence-corrected chi connectivity index (χ1v) is 7.28. The van der Waals surface area contributed by atoms with Gasteiger partial charge in [-0.15, -0.1) is 0 Å². The van der Waals surface area contributed by atoms with E-state index in [-0.39, 0.29) is 5.97 Å². The van der Waals surface area contributed by atoms with E-state index in [1.807, 2.05) is 12.1 Å². The molecule has 0 bridgehead atoms. The van der Waals surface area contributed by atoms with Crippen LogP contribution in [0.4, 0.5) is 5.69 Å². The Kier molecular flexibility index (Phi) is 3.91. The van der Waals surface area contributed by atoms with Gasteiger partial charge in [-0.1, -0.05) is 24.3 Å². The summed E-state index contributed by atoms with van der Waals surface area (Å²) >= 11 is 0. The molecule has 0 radical (unpaired) electrons. The molecule has 108 valence electrons. The number of methoxy groups -OCH3 is 1. The normalized spacial score (nSPS) is 13.8. The van der Waals surface area contributed by atoms with Crippen LogP contribution in [0.25, 0.3) is 0 Å². The summed E-state index contributed by atoms with van der Waals surface area (Å²) in [5, 5.41) is 3.42. The van der Waals surface area contributed by atoms with Gasteiger partial charge in [0.1, 0.15) is 0 Å². The summed E-state index contributed by atoms with van der Waals surface area (Å²) in [4.78, 5) is 11.4. The highest BCUT2D eigenvalue weighted by atomic mass is 16.5. The SMILES string of the molecule is COC(=O)c1ccc(NCc2ccccc2C2CC2)cc1. The van der Waals surface area contributed by atoms with Crippen molar-refractivity contribution in [1.82, 2.24) is 0 Å². The summed E-state index contributed by atoms with van der Waals surface area (Å²) in [6, 6.07) is 16.0. The van der Waals surface area contributed by atoms with Crippen LogP contribution < -0.4 is 5.32 Å². The third kappa shape index (κ3) is 3.24. The number of rotatable bonds is 5. The topological polar surface area (TPSA) is 38.3 Å². The van der Waals surface area contributed by atoms with Gasteiger partial charge in [-0.05, 0) is 54.2 Å². The van der Waals surface area contributed by atoms with Gasteiger partial charge >= 0.3 is 5.97 Å². The molecule has 1 N–H and O–H groups in total. The number of hydrogen-bond donors (Lipinski definition) is 1. The molecule has 0 saturated heterocycles. The Morgan fingerprint density at radius 1 is 1.14 bits per heavy atom. The summed E-state index contributed by atoms with van der Waals surface area (Å²) in [7, 11) is 1.39. The van der Waals surface area contributed by atoms with Gasteiger partial charge in [-0.3, -0.25) is 0 Å². The van der Waals surface area contributed by atoms with E-state index in [2.05, 4.69) is 29.6 Å². The Hall–Kier alpha value is -2.29. The molecule has 0 aliphatic heterocycles. The van der Waals surface area contributed by atoms with Gasteiger partial charge in [0.25, 0.3) is 0 Å². The zero-order valence-electron chi connectivity index (χ0n) is 12.1. The maximum absolute atomic E-state index is 11.4. The standard InChI is InChI=1S/C18H19NO2/c1-21-18(20)14-8-10-16(11-9-14)19-12-15-4-2-3-5-17(15)13-6-7-13/h2-5,8-11,13,19H,6-7,12H2,1H3. The molecule has 3 heteroatoms. The van der Waals surface area contributed by atoms with Crippen LogP contribution in [0.3, 0.4) is 0 Å². The van der Waals surface area contributed by atoms with Crippen LogP contribution in [-0.4, -0.2) is 13.1 Å². The molecule has 2 aromatic carbocycles. The fourth-order valence-electron chi connectivity index (χ4n) is 2.53. The lowest BCUT2D eigenvalue weighted by atomic mass is 10.0. The maximum atomic E-state index is 11.4. The minimum absolute atomic E-state index is 0.305. The van der Waals surface area contributed by atoms with Crippen LogP contribution in [0.1, 0.15) is 40.2 Å². The van der Waals surface area contributed by atoms with Crippen molar-refractivity contribution >= 4 is 11.7 Å². The first-order chi connectivity index (χ1) is 10.3. The Labute approximate surface area is 124 Å². The molecule has 0 amide bonds. The highest BCUT2D eigenvalue weighted by molar-refractivity contribution is 5.89. The minimum Gasteiger partial charge on any atom is -0.465 e. The molecule has 1 saturated carbocycles. The van der Waals surface area contributed by atoms with E-state index in [0.29, 0.717) is 5.56 Å². The number of hydrogen-bond acceptors (Lipinski definition) is 3. The Morgan fingerprint density at radius 2 is 1.86 bits per heavy atom. The van der Waals surface area contributed by atoms with Crippen LogP contribution in [0.2, 0.25) is 0 Å². The summed E-state index contributed by atoms with van der Waals surface area (Å²) in [5.74, 6) is 0.449. The fourth-order valence-corrected chi connectivity index (χ4v) is 2.53. The number of ether oxygens (including phenoxy) is 1. The van der Waals surface area contributed by atoms with Crippen molar-refractivity contribution in [1.29, 1.82) is 0 Å². The van der Waals surface area contributed by atoms with Crippen molar-refractivity contribution in [2.45, 2.75) is 25.3 Å². The zero-order valence-corrected chi connectivity index (χ0v) is 12.1. The second-order valence-electron chi connectivity index (χ2n) is 5.40. The summed E-state index contributed by atoms with van der Waals surface area (Å²) in [6.45, 7) is 0.810. The number of carbonyl (C=O) groups excluding carboxylic acids is 1. The quantitative estimate of drug-likeness (QED) is 0.843. The van der Waals surface area contributed by atoms with Crippen molar-refractivity contribution in [3.63, 3.8) is 0 Å². The van der Waals surface area contributed by atoms with Crippen LogP contribution in [0.15, 0.2) is 48.5 Å². The van der Waals surface area contributed by atoms with Crippen LogP contribution in [0, 0.1) is 0 Å². The fraction of sp³-hybridized carbons (Fsp3) is 0.278. The smallest absolute Gasteiger partial charge is 0.337 e. The van der Waals surface area contributed by atoms with Gasteiger partial charge in [0.15, 0.2) is 0 Å². The predicted molar refractivity (Wildman–Crippen MR) is 83.5 cm³/mol. The van der Waals surface area contributed by atoms with Crippen LogP contribution >= 0.6 is 0 Å². The second kappa shape index (κ2) is 6.00. The van der Waals surface area contributed by atoms with Crippen molar-refractivity contribution in [2.75, 3.05) is 12.4 Å². The molecule has 0 spiro atoms. The van der Waals surface area contributed by atoms with Gasteiger partial charge in [0.05, 0.1) is 12.7 Å².